The SMILES string of the molecule is CC(O)CNCC(N)C(C)C. The van der Waals surface area contributed by atoms with Crippen LogP contribution in [-0.2, 0) is 0 Å². The summed E-state index contributed by atoms with van der Waals surface area (Å²) >= 11 is 0. The molecule has 0 aliphatic rings. The van der Waals surface area contributed by atoms with Gasteiger partial charge in [-0.25, -0.2) is 0 Å². The molecule has 4 N–H and O–H groups in total. The topological polar surface area (TPSA) is 58.3 Å². The Labute approximate surface area is 69.0 Å². The van der Waals surface area contributed by atoms with Crippen molar-refractivity contribution < 1.29 is 5.11 Å². The van der Waals surface area contributed by atoms with Crippen molar-refractivity contribution in [2.45, 2.75) is 32.9 Å². The summed E-state index contributed by atoms with van der Waals surface area (Å²) in [6.07, 6.45) is -0.283. The molecular weight excluding hydrogens is 140 g/mol. The Morgan fingerprint density at radius 2 is 1.82 bits per heavy atom. The molecule has 0 heterocycles. The molecule has 2 unspecified atom stereocenters. The lowest BCUT2D eigenvalue weighted by Gasteiger charge is -2.16. The zero-order chi connectivity index (χ0) is 8.85. The van der Waals surface area contributed by atoms with E-state index in [1.165, 1.54) is 0 Å². The molecule has 0 aromatic carbocycles. The predicted molar refractivity (Wildman–Crippen MR) is 47.4 cm³/mol. The smallest absolute Gasteiger partial charge is 0.0636 e. The first-order valence-electron chi connectivity index (χ1n) is 4.18. The minimum atomic E-state index is -0.283. The Morgan fingerprint density at radius 3 is 2.18 bits per heavy atom. The van der Waals surface area contributed by atoms with Crippen LogP contribution in [0.25, 0.3) is 0 Å². The van der Waals surface area contributed by atoms with Gasteiger partial charge in [0, 0.05) is 19.1 Å². The molecule has 68 valence electrons. The first kappa shape index (κ1) is 10.9. The van der Waals surface area contributed by atoms with Crippen molar-refractivity contribution in [1.82, 2.24) is 5.32 Å². The van der Waals surface area contributed by atoms with Crippen LogP contribution in [0.1, 0.15) is 20.8 Å². The molecule has 0 saturated carbocycles. The molecule has 2 atom stereocenters. The summed E-state index contributed by atoms with van der Waals surface area (Å²) in [6, 6.07) is 0.189. The summed E-state index contributed by atoms with van der Waals surface area (Å²) in [7, 11) is 0. The van der Waals surface area contributed by atoms with E-state index in [1.54, 1.807) is 6.92 Å². The third kappa shape index (κ3) is 6.28. The lowest BCUT2D eigenvalue weighted by molar-refractivity contribution is 0.189. The maximum absolute atomic E-state index is 8.90. The fraction of sp³-hybridized carbons (Fsp3) is 1.00. The van der Waals surface area contributed by atoms with Gasteiger partial charge in [0.25, 0.3) is 0 Å². The van der Waals surface area contributed by atoms with Crippen LogP contribution in [0.15, 0.2) is 0 Å². The highest BCUT2D eigenvalue weighted by molar-refractivity contribution is 4.68. The van der Waals surface area contributed by atoms with Gasteiger partial charge in [0.2, 0.25) is 0 Å². The van der Waals surface area contributed by atoms with E-state index in [1.807, 2.05) is 0 Å². The van der Waals surface area contributed by atoms with E-state index in [4.69, 9.17) is 10.8 Å². The van der Waals surface area contributed by atoms with Crippen molar-refractivity contribution in [3.05, 3.63) is 0 Å². The van der Waals surface area contributed by atoms with Crippen molar-refractivity contribution >= 4 is 0 Å². The van der Waals surface area contributed by atoms with E-state index in [0.717, 1.165) is 6.54 Å². The highest BCUT2D eigenvalue weighted by atomic mass is 16.3. The third-order valence-corrected chi connectivity index (χ3v) is 1.68. The highest BCUT2D eigenvalue weighted by Crippen LogP contribution is 1.95. The van der Waals surface area contributed by atoms with Gasteiger partial charge in [0.1, 0.15) is 0 Å². The summed E-state index contributed by atoms with van der Waals surface area (Å²) in [6.45, 7) is 7.35. The van der Waals surface area contributed by atoms with Gasteiger partial charge in [0.15, 0.2) is 0 Å². The second-order valence-corrected chi connectivity index (χ2v) is 3.42. The number of nitrogens with one attached hydrogen (secondary N) is 1. The minimum Gasteiger partial charge on any atom is -0.392 e. The van der Waals surface area contributed by atoms with Gasteiger partial charge in [-0.1, -0.05) is 13.8 Å². The average molecular weight is 160 g/mol. The molecule has 0 saturated heterocycles. The second kappa shape index (κ2) is 5.52. The molecule has 0 aromatic heterocycles. The first-order valence-corrected chi connectivity index (χ1v) is 4.18. The number of hydrogen-bond donors (Lipinski definition) is 3. The molecule has 3 heteroatoms. The van der Waals surface area contributed by atoms with Crippen LogP contribution in [0.5, 0.6) is 0 Å². The van der Waals surface area contributed by atoms with Crippen LogP contribution in [0, 0.1) is 5.92 Å². The van der Waals surface area contributed by atoms with E-state index in [2.05, 4.69) is 19.2 Å². The molecule has 0 rings (SSSR count). The molecular formula is C8H20N2O. The van der Waals surface area contributed by atoms with Gasteiger partial charge < -0.3 is 16.2 Å². The molecule has 0 radical (unpaired) electrons. The van der Waals surface area contributed by atoms with Gasteiger partial charge in [-0.15, -0.1) is 0 Å². The van der Waals surface area contributed by atoms with E-state index < -0.39 is 0 Å². The second-order valence-electron chi connectivity index (χ2n) is 3.42. The Bertz CT molecular complexity index is 94.1. The molecule has 11 heavy (non-hydrogen) atoms. The number of aliphatic hydroxyl groups excluding tert-OH is 1. The highest BCUT2D eigenvalue weighted by Gasteiger charge is 2.06. The number of nitrogens with two attached hydrogens (primary N) is 1. The number of hydrogen-bond acceptors (Lipinski definition) is 3. The molecule has 0 fully saturated rings. The number of aliphatic hydroxyl groups is 1. The maximum atomic E-state index is 8.90. The van der Waals surface area contributed by atoms with E-state index in [0.29, 0.717) is 12.5 Å². The molecule has 0 spiro atoms. The van der Waals surface area contributed by atoms with Crippen LogP contribution in [0.2, 0.25) is 0 Å². The predicted octanol–water partition coefficient (Wildman–Crippen LogP) is -0.0599. The van der Waals surface area contributed by atoms with Gasteiger partial charge in [-0.05, 0) is 12.8 Å². The van der Waals surface area contributed by atoms with E-state index in [9.17, 15) is 0 Å². The van der Waals surface area contributed by atoms with Crippen LogP contribution in [0.3, 0.4) is 0 Å². The van der Waals surface area contributed by atoms with Gasteiger partial charge in [-0.2, -0.15) is 0 Å². The molecule has 0 aromatic rings. The zero-order valence-electron chi connectivity index (χ0n) is 7.67. The van der Waals surface area contributed by atoms with E-state index in [-0.39, 0.29) is 12.1 Å². The van der Waals surface area contributed by atoms with E-state index >= 15 is 0 Å². The molecule has 3 nitrogen and oxygen atoms in total. The summed E-state index contributed by atoms with van der Waals surface area (Å²) in [5.41, 5.74) is 5.76. The zero-order valence-corrected chi connectivity index (χ0v) is 7.67. The third-order valence-electron chi connectivity index (χ3n) is 1.68. The van der Waals surface area contributed by atoms with Crippen LogP contribution in [-0.4, -0.2) is 30.3 Å². The quantitative estimate of drug-likeness (QED) is 0.528. The Balaban J connectivity index is 3.24. The summed E-state index contributed by atoms with van der Waals surface area (Å²) < 4.78 is 0. The Hall–Kier alpha value is -0.120. The molecule has 0 bridgehead atoms. The largest absolute Gasteiger partial charge is 0.392 e. The first-order chi connectivity index (χ1) is 5.04. The fourth-order valence-corrected chi connectivity index (χ4v) is 0.695. The average Bonchev–Trinajstić information content (AvgIpc) is 1.86. The summed E-state index contributed by atoms with van der Waals surface area (Å²) in [4.78, 5) is 0. The minimum absolute atomic E-state index is 0.189. The number of rotatable bonds is 5. The lowest BCUT2D eigenvalue weighted by atomic mass is 10.1. The fourth-order valence-electron chi connectivity index (χ4n) is 0.695. The van der Waals surface area contributed by atoms with Crippen LogP contribution >= 0.6 is 0 Å². The monoisotopic (exact) mass is 160 g/mol. The molecule has 0 aliphatic heterocycles. The van der Waals surface area contributed by atoms with Crippen LogP contribution < -0.4 is 11.1 Å². The van der Waals surface area contributed by atoms with Crippen molar-refractivity contribution in [2.75, 3.05) is 13.1 Å². The van der Waals surface area contributed by atoms with Gasteiger partial charge in [-0.3, -0.25) is 0 Å². The van der Waals surface area contributed by atoms with Crippen molar-refractivity contribution in [3.8, 4) is 0 Å². The Morgan fingerprint density at radius 1 is 1.27 bits per heavy atom. The normalized spacial score (nSPS) is 16.9. The van der Waals surface area contributed by atoms with Crippen molar-refractivity contribution in [3.63, 3.8) is 0 Å². The van der Waals surface area contributed by atoms with Gasteiger partial charge in [0.05, 0.1) is 6.10 Å². The molecule has 0 amide bonds. The standard InChI is InChI=1S/C8H20N2O/c1-6(2)8(9)5-10-4-7(3)11/h6-8,10-11H,4-5,9H2,1-3H3. The Kier molecular flexibility index (Phi) is 5.46. The molecule has 0 aliphatic carbocycles. The van der Waals surface area contributed by atoms with Crippen molar-refractivity contribution in [1.29, 1.82) is 0 Å². The summed E-state index contributed by atoms with van der Waals surface area (Å²) in [5, 5.41) is 12.0. The lowest BCUT2D eigenvalue weighted by Crippen LogP contribution is -2.40. The van der Waals surface area contributed by atoms with Gasteiger partial charge >= 0.3 is 0 Å². The van der Waals surface area contributed by atoms with Crippen molar-refractivity contribution in [2.24, 2.45) is 11.7 Å². The maximum Gasteiger partial charge on any atom is 0.0636 e. The summed E-state index contributed by atoms with van der Waals surface area (Å²) in [5.74, 6) is 0.497. The van der Waals surface area contributed by atoms with Crippen LogP contribution in [0.4, 0.5) is 0 Å².